The molecule has 0 bridgehead atoms. The van der Waals surface area contributed by atoms with Crippen molar-refractivity contribution in [3.8, 4) is 5.75 Å². The van der Waals surface area contributed by atoms with E-state index < -0.39 is 0 Å². The molecule has 2 N–H and O–H groups in total. The van der Waals surface area contributed by atoms with E-state index in [0.717, 1.165) is 18.1 Å². The number of amides is 1. The summed E-state index contributed by atoms with van der Waals surface area (Å²) in [4.78, 5) is 18.8. The molecule has 1 unspecified atom stereocenters. The molecule has 0 radical (unpaired) electrons. The van der Waals surface area contributed by atoms with Crippen LogP contribution in [0.2, 0.25) is 0 Å². The molecule has 1 aliphatic rings. The van der Waals surface area contributed by atoms with Crippen LogP contribution in [0, 0.1) is 0 Å². The number of nitrogens with zero attached hydrogens (tertiary/aromatic N) is 4. The molecule has 1 atom stereocenters. The van der Waals surface area contributed by atoms with Crippen molar-refractivity contribution in [2.75, 3.05) is 46.9 Å². The van der Waals surface area contributed by atoms with E-state index >= 15 is 0 Å². The number of morpholine rings is 1. The largest absolute Gasteiger partial charge is 0.497 e. The van der Waals surface area contributed by atoms with E-state index in [0.29, 0.717) is 37.6 Å². The van der Waals surface area contributed by atoms with E-state index in [9.17, 15) is 4.79 Å². The summed E-state index contributed by atoms with van der Waals surface area (Å²) in [6.07, 6.45) is 3.76. The second-order valence-corrected chi connectivity index (χ2v) is 6.71. The number of methoxy groups -OCH3 is 1. The third kappa shape index (κ3) is 6.33. The number of carbonyl (C=O) groups excluding carboxylic acids is 1. The lowest BCUT2D eigenvalue weighted by Gasteiger charge is -2.34. The molecule has 164 valence electrons. The van der Waals surface area contributed by atoms with Gasteiger partial charge in [-0.15, -0.1) is 24.0 Å². The first-order chi connectivity index (χ1) is 14.1. The molecule has 10 heteroatoms. The summed E-state index contributed by atoms with van der Waals surface area (Å²) in [5.74, 6) is 1.31. The van der Waals surface area contributed by atoms with Gasteiger partial charge in [0.2, 0.25) is 0 Å². The van der Waals surface area contributed by atoms with Gasteiger partial charge in [-0.05, 0) is 18.2 Å². The highest BCUT2D eigenvalue weighted by atomic mass is 127. The Balaban J connectivity index is 0.00000320. The summed E-state index contributed by atoms with van der Waals surface area (Å²) >= 11 is 0. The Labute approximate surface area is 193 Å². The summed E-state index contributed by atoms with van der Waals surface area (Å²) in [6, 6.07) is 7.08. The number of benzene rings is 1. The van der Waals surface area contributed by atoms with Crippen molar-refractivity contribution >= 4 is 35.8 Å². The number of aryl methyl sites for hydroxylation is 1. The average Bonchev–Trinajstić information content (AvgIpc) is 3.20. The lowest BCUT2D eigenvalue weighted by atomic mass is 10.1. The van der Waals surface area contributed by atoms with Gasteiger partial charge in [0.05, 0.1) is 26.5 Å². The maximum Gasteiger partial charge on any atom is 0.251 e. The Hall–Kier alpha value is -2.34. The number of nitrogens with one attached hydrogen (secondary N) is 2. The number of aliphatic imine (C=N–C) groups is 1. The van der Waals surface area contributed by atoms with E-state index in [-0.39, 0.29) is 36.0 Å². The quantitative estimate of drug-likeness (QED) is 0.255. The zero-order chi connectivity index (χ0) is 20.6. The molecular formula is C20H29IN6O3. The fourth-order valence-corrected chi connectivity index (χ4v) is 3.20. The first-order valence-corrected chi connectivity index (χ1v) is 9.58. The van der Waals surface area contributed by atoms with Crippen LogP contribution in [0.15, 0.2) is 41.7 Å². The van der Waals surface area contributed by atoms with Crippen LogP contribution in [-0.4, -0.2) is 73.5 Å². The molecule has 1 aromatic heterocycles. The van der Waals surface area contributed by atoms with Crippen molar-refractivity contribution in [3.63, 3.8) is 0 Å². The minimum atomic E-state index is -0.135. The van der Waals surface area contributed by atoms with Crippen LogP contribution >= 0.6 is 24.0 Å². The van der Waals surface area contributed by atoms with Crippen molar-refractivity contribution in [2.24, 2.45) is 12.0 Å². The minimum absolute atomic E-state index is 0. The smallest absolute Gasteiger partial charge is 0.251 e. The lowest BCUT2D eigenvalue weighted by molar-refractivity contribution is -0.00800. The Kier molecular flexibility index (Phi) is 9.37. The molecule has 1 fully saturated rings. The van der Waals surface area contributed by atoms with Crippen molar-refractivity contribution in [3.05, 3.63) is 47.8 Å². The van der Waals surface area contributed by atoms with E-state index in [1.165, 1.54) is 0 Å². The molecule has 9 nitrogen and oxygen atoms in total. The van der Waals surface area contributed by atoms with Gasteiger partial charge in [0.1, 0.15) is 11.9 Å². The van der Waals surface area contributed by atoms with Crippen LogP contribution in [0.1, 0.15) is 22.0 Å². The Morgan fingerprint density at radius 1 is 1.37 bits per heavy atom. The summed E-state index contributed by atoms with van der Waals surface area (Å²) in [7, 11) is 5.23. The highest BCUT2D eigenvalue weighted by Gasteiger charge is 2.25. The van der Waals surface area contributed by atoms with E-state index in [2.05, 4.69) is 25.6 Å². The van der Waals surface area contributed by atoms with Crippen LogP contribution in [0.4, 0.5) is 0 Å². The molecule has 1 aromatic carbocycles. The van der Waals surface area contributed by atoms with Crippen LogP contribution in [0.5, 0.6) is 5.75 Å². The van der Waals surface area contributed by atoms with Crippen molar-refractivity contribution in [1.29, 1.82) is 0 Å². The fraction of sp³-hybridized carbons (Fsp3) is 0.450. The van der Waals surface area contributed by atoms with Gasteiger partial charge in [-0.25, -0.2) is 0 Å². The van der Waals surface area contributed by atoms with Crippen molar-refractivity contribution in [2.45, 2.75) is 6.10 Å². The Morgan fingerprint density at radius 3 is 2.87 bits per heavy atom. The molecule has 0 spiro atoms. The Morgan fingerprint density at radius 2 is 2.17 bits per heavy atom. The molecule has 2 heterocycles. The third-order valence-electron chi connectivity index (χ3n) is 4.70. The zero-order valence-corrected chi connectivity index (χ0v) is 19.8. The number of guanidine groups is 1. The lowest BCUT2D eigenvalue weighted by Crippen LogP contribution is -2.49. The Bertz CT molecular complexity index is 857. The van der Waals surface area contributed by atoms with Gasteiger partial charge < -0.3 is 25.0 Å². The number of hydrogen-bond acceptors (Lipinski definition) is 5. The minimum Gasteiger partial charge on any atom is -0.497 e. The van der Waals surface area contributed by atoms with Gasteiger partial charge in [-0.1, -0.05) is 6.07 Å². The average molecular weight is 528 g/mol. The summed E-state index contributed by atoms with van der Waals surface area (Å²) < 4.78 is 12.8. The predicted octanol–water partition coefficient (Wildman–Crippen LogP) is 1.43. The molecule has 1 amide bonds. The molecule has 0 saturated carbocycles. The molecule has 0 aliphatic carbocycles. The molecular weight excluding hydrogens is 499 g/mol. The number of halogens is 1. The highest BCUT2D eigenvalue weighted by Crippen LogP contribution is 2.21. The van der Waals surface area contributed by atoms with Crippen LogP contribution in [0.25, 0.3) is 0 Å². The van der Waals surface area contributed by atoms with E-state index in [1.807, 2.05) is 25.5 Å². The maximum absolute atomic E-state index is 12.3. The SMILES string of the molecule is CN=C(NCCNC(=O)c1cccc(OC)c1)N1CCOC(c2cnn(C)c2)C1.I. The number of carbonyl (C=O) groups is 1. The second-order valence-electron chi connectivity index (χ2n) is 6.71. The van der Waals surface area contributed by atoms with Crippen LogP contribution in [-0.2, 0) is 11.8 Å². The van der Waals surface area contributed by atoms with Crippen LogP contribution in [0.3, 0.4) is 0 Å². The summed E-state index contributed by atoms with van der Waals surface area (Å²) in [5.41, 5.74) is 1.62. The number of ether oxygens (including phenoxy) is 2. The van der Waals surface area contributed by atoms with Crippen molar-refractivity contribution in [1.82, 2.24) is 25.3 Å². The number of aromatic nitrogens is 2. The topological polar surface area (TPSA) is 93.0 Å². The summed E-state index contributed by atoms with van der Waals surface area (Å²) in [6.45, 7) is 3.11. The molecule has 2 aromatic rings. The monoisotopic (exact) mass is 528 g/mol. The van der Waals surface area contributed by atoms with Crippen molar-refractivity contribution < 1.29 is 14.3 Å². The molecule has 1 saturated heterocycles. The van der Waals surface area contributed by atoms with Gasteiger partial charge >= 0.3 is 0 Å². The zero-order valence-electron chi connectivity index (χ0n) is 17.5. The van der Waals surface area contributed by atoms with Gasteiger partial charge in [-0.3, -0.25) is 14.5 Å². The molecule has 1 aliphatic heterocycles. The van der Waals surface area contributed by atoms with Crippen LogP contribution < -0.4 is 15.4 Å². The number of hydrogen-bond donors (Lipinski definition) is 2. The first-order valence-electron chi connectivity index (χ1n) is 9.58. The second kappa shape index (κ2) is 11.7. The normalized spacial score (nSPS) is 16.6. The van der Waals surface area contributed by atoms with Gasteiger partial charge in [0, 0.05) is 51.1 Å². The van der Waals surface area contributed by atoms with E-state index in [4.69, 9.17) is 9.47 Å². The highest BCUT2D eigenvalue weighted by molar-refractivity contribution is 14.0. The van der Waals surface area contributed by atoms with E-state index in [1.54, 1.807) is 37.0 Å². The fourth-order valence-electron chi connectivity index (χ4n) is 3.20. The standard InChI is InChI=1S/C20H28N6O3.HI/c1-21-20(26-9-10-29-18(14-26)16-12-24-25(2)13-16)23-8-7-22-19(27)15-5-4-6-17(11-15)28-3;/h4-6,11-13,18H,7-10,14H2,1-3H3,(H,21,23)(H,22,27);1H. The third-order valence-corrected chi connectivity index (χ3v) is 4.70. The summed E-state index contributed by atoms with van der Waals surface area (Å²) in [5, 5.41) is 10.4. The first kappa shape index (κ1) is 23.9. The predicted molar refractivity (Wildman–Crippen MR) is 126 cm³/mol. The van der Waals surface area contributed by atoms with Gasteiger partial charge in [-0.2, -0.15) is 5.10 Å². The molecule has 3 rings (SSSR count). The maximum atomic E-state index is 12.3. The number of rotatable bonds is 6. The van der Waals surface area contributed by atoms with Gasteiger partial charge in [0.15, 0.2) is 5.96 Å². The molecule has 30 heavy (non-hydrogen) atoms. The van der Waals surface area contributed by atoms with Gasteiger partial charge in [0.25, 0.3) is 5.91 Å².